The van der Waals surface area contributed by atoms with E-state index in [2.05, 4.69) is 4.74 Å². The predicted octanol–water partition coefficient (Wildman–Crippen LogP) is 5.12. The topological polar surface area (TPSA) is 67.9 Å². The molecule has 39 heavy (non-hydrogen) atoms. The SMILES string of the molecule is CN(C)CCCNS(=O)(=O)CCC(F)(OC(F)(F)C(F)(OC(F)(F)C(F)(F)C(F)(F)F)C(F)(F)F)C(F)(F)F. The zero-order valence-electron chi connectivity index (χ0n) is 18.9. The van der Waals surface area contributed by atoms with Gasteiger partial charge in [-0.1, -0.05) is 0 Å². The van der Waals surface area contributed by atoms with E-state index < -0.39 is 77.1 Å². The Morgan fingerprint density at radius 3 is 1.49 bits per heavy atom. The van der Waals surface area contributed by atoms with E-state index in [1.807, 2.05) is 0 Å². The number of ether oxygens (including phenoxy) is 2. The number of alkyl halides is 17. The average Bonchev–Trinajstić information content (AvgIpc) is 2.66. The molecule has 0 saturated heterocycles. The van der Waals surface area contributed by atoms with Crippen molar-refractivity contribution in [2.45, 2.75) is 61.2 Å². The van der Waals surface area contributed by atoms with Gasteiger partial charge in [0.25, 0.3) is 0 Å². The molecule has 0 amide bonds. The lowest BCUT2D eigenvalue weighted by atomic mass is 10.2. The van der Waals surface area contributed by atoms with Gasteiger partial charge < -0.3 is 4.90 Å². The van der Waals surface area contributed by atoms with Crippen LogP contribution < -0.4 is 4.72 Å². The van der Waals surface area contributed by atoms with E-state index in [0.717, 1.165) is 0 Å². The van der Waals surface area contributed by atoms with Gasteiger partial charge in [0, 0.05) is 13.0 Å². The molecule has 2 atom stereocenters. The van der Waals surface area contributed by atoms with Crippen molar-refractivity contribution in [1.29, 1.82) is 0 Å². The van der Waals surface area contributed by atoms with E-state index in [0.29, 0.717) is 0 Å². The third kappa shape index (κ3) is 8.79. The Kier molecular flexibility index (Phi) is 11.1. The van der Waals surface area contributed by atoms with E-state index in [-0.39, 0.29) is 13.0 Å². The van der Waals surface area contributed by atoms with Crippen molar-refractivity contribution in [3.8, 4) is 0 Å². The van der Waals surface area contributed by atoms with Crippen LogP contribution in [0.3, 0.4) is 0 Å². The molecule has 0 radical (unpaired) electrons. The van der Waals surface area contributed by atoms with Crippen molar-refractivity contribution in [2.24, 2.45) is 0 Å². The van der Waals surface area contributed by atoms with Gasteiger partial charge in [-0.05, 0) is 27.1 Å². The summed E-state index contributed by atoms with van der Waals surface area (Å²) in [5, 5.41) is 0. The summed E-state index contributed by atoms with van der Waals surface area (Å²) in [5.41, 5.74) is 0. The van der Waals surface area contributed by atoms with Crippen LogP contribution in [0.2, 0.25) is 0 Å². The first-order valence-corrected chi connectivity index (χ1v) is 11.2. The molecule has 0 aromatic carbocycles. The molecule has 0 aromatic heterocycles. The number of nitrogens with zero attached hydrogens (tertiary/aromatic N) is 1. The Hall–Kier alpha value is -1.40. The lowest BCUT2D eigenvalue weighted by Crippen LogP contribution is -2.67. The normalized spacial score (nSPS) is 18.3. The van der Waals surface area contributed by atoms with Crippen LogP contribution in [0.25, 0.3) is 0 Å². The highest BCUT2D eigenvalue weighted by molar-refractivity contribution is 7.89. The van der Waals surface area contributed by atoms with Crippen molar-refractivity contribution in [3.63, 3.8) is 0 Å². The van der Waals surface area contributed by atoms with Crippen LogP contribution in [0.15, 0.2) is 0 Å². The van der Waals surface area contributed by atoms with Gasteiger partial charge >= 0.3 is 48.4 Å². The molecule has 0 heterocycles. The molecule has 0 spiro atoms. The lowest BCUT2D eigenvalue weighted by molar-refractivity contribution is -0.552. The van der Waals surface area contributed by atoms with Crippen LogP contribution >= 0.6 is 0 Å². The van der Waals surface area contributed by atoms with Crippen molar-refractivity contribution in [3.05, 3.63) is 0 Å². The Balaban J connectivity index is 6.34. The first kappa shape index (κ1) is 37.6. The highest BCUT2D eigenvalue weighted by atomic mass is 32.2. The second kappa shape index (κ2) is 11.5. The quantitative estimate of drug-likeness (QED) is 0.210. The minimum absolute atomic E-state index is 0.0507. The van der Waals surface area contributed by atoms with Gasteiger partial charge in [-0.3, -0.25) is 9.47 Å². The Morgan fingerprint density at radius 2 is 1.13 bits per heavy atom. The summed E-state index contributed by atoms with van der Waals surface area (Å²) in [6, 6.07) is 0. The van der Waals surface area contributed by atoms with Gasteiger partial charge in [-0.15, -0.1) is 0 Å². The van der Waals surface area contributed by atoms with Crippen molar-refractivity contribution in [2.75, 3.05) is 32.9 Å². The van der Waals surface area contributed by atoms with E-state index in [9.17, 15) is 83.1 Å². The van der Waals surface area contributed by atoms with Crippen LogP contribution in [-0.4, -0.2) is 94.6 Å². The molecular weight excluding hydrogens is 627 g/mol. The van der Waals surface area contributed by atoms with Crippen LogP contribution in [0, 0.1) is 0 Å². The number of sulfonamides is 1. The minimum Gasteiger partial charge on any atom is -0.309 e. The molecular formula is C15H17F17N2O4S. The molecule has 24 heteroatoms. The van der Waals surface area contributed by atoms with Crippen LogP contribution in [0.5, 0.6) is 0 Å². The maximum absolute atomic E-state index is 14.4. The van der Waals surface area contributed by atoms with Gasteiger partial charge in [0.05, 0.1) is 5.75 Å². The van der Waals surface area contributed by atoms with Gasteiger partial charge in [-0.25, -0.2) is 17.5 Å². The summed E-state index contributed by atoms with van der Waals surface area (Å²) in [4.78, 5) is 1.47. The fourth-order valence-corrected chi connectivity index (χ4v) is 3.30. The maximum atomic E-state index is 14.4. The zero-order valence-corrected chi connectivity index (χ0v) is 19.8. The molecule has 0 bridgehead atoms. The first-order chi connectivity index (χ1) is 16.8. The Labute approximate surface area is 207 Å². The third-order valence-corrected chi connectivity index (χ3v) is 5.62. The lowest BCUT2D eigenvalue weighted by Gasteiger charge is -2.40. The summed E-state index contributed by atoms with van der Waals surface area (Å²) < 4.78 is 251. The first-order valence-electron chi connectivity index (χ1n) is 9.52. The predicted molar refractivity (Wildman–Crippen MR) is 92.4 cm³/mol. The van der Waals surface area contributed by atoms with Crippen LogP contribution in [0.4, 0.5) is 74.6 Å². The minimum atomic E-state index is -8.01. The van der Waals surface area contributed by atoms with Crippen molar-refractivity contribution < 1.29 is 92.5 Å². The van der Waals surface area contributed by atoms with Gasteiger partial charge in [0.2, 0.25) is 10.0 Å². The van der Waals surface area contributed by atoms with Crippen LogP contribution in [-0.2, 0) is 19.5 Å². The summed E-state index contributed by atoms with van der Waals surface area (Å²) in [6.45, 7) is -0.414. The number of halogens is 17. The van der Waals surface area contributed by atoms with E-state index in [1.54, 1.807) is 0 Å². The average molecular weight is 644 g/mol. The zero-order chi connectivity index (χ0) is 31.7. The molecule has 0 aliphatic heterocycles. The molecule has 0 aliphatic rings. The van der Waals surface area contributed by atoms with Gasteiger partial charge in [0.15, 0.2) is 0 Å². The Bertz CT molecular complexity index is 919. The summed E-state index contributed by atoms with van der Waals surface area (Å²) in [7, 11) is -2.10. The largest absolute Gasteiger partial charge is 0.462 e. The van der Waals surface area contributed by atoms with E-state index in [1.165, 1.54) is 28.5 Å². The molecule has 1 N–H and O–H groups in total. The van der Waals surface area contributed by atoms with E-state index in [4.69, 9.17) is 0 Å². The highest BCUT2D eigenvalue weighted by Crippen LogP contribution is 2.56. The van der Waals surface area contributed by atoms with Crippen LogP contribution in [0.1, 0.15) is 12.8 Å². The molecule has 0 fully saturated rings. The van der Waals surface area contributed by atoms with Crippen molar-refractivity contribution in [1.82, 2.24) is 9.62 Å². The number of rotatable bonds is 14. The summed E-state index contributed by atoms with van der Waals surface area (Å²) in [6.07, 6.45) is -41.3. The smallest absolute Gasteiger partial charge is 0.309 e. The number of nitrogens with one attached hydrogen (secondary N) is 1. The van der Waals surface area contributed by atoms with E-state index >= 15 is 0 Å². The number of hydrogen-bond donors (Lipinski definition) is 1. The molecule has 0 saturated carbocycles. The summed E-state index contributed by atoms with van der Waals surface area (Å²) in [5.74, 6) is -24.5. The molecule has 0 aliphatic carbocycles. The standard InChI is InChI=1S/C15H17F17N2O4S/c1-34(2)6-3-5-33-39(35,36)7-4-8(16,11(20,21)22)37-15(31,32)10(19,13(26,27)28)38-14(29,30)9(17,18)12(23,24)25/h33H,3-7H2,1-2H3. The van der Waals surface area contributed by atoms with Gasteiger partial charge in [-0.2, -0.15) is 70.2 Å². The molecule has 6 nitrogen and oxygen atoms in total. The second-order valence-corrected chi connectivity index (χ2v) is 9.68. The Morgan fingerprint density at radius 1 is 0.667 bits per heavy atom. The fraction of sp³-hybridized carbons (Fsp3) is 1.00. The van der Waals surface area contributed by atoms with Gasteiger partial charge in [0.1, 0.15) is 0 Å². The fourth-order valence-electron chi connectivity index (χ4n) is 2.17. The highest BCUT2D eigenvalue weighted by Gasteiger charge is 2.85. The molecule has 0 aromatic rings. The third-order valence-electron chi connectivity index (χ3n) is 4.24. The number of hydrogen-bond acceptors (Lipinski definition) is 5. The molecule has 0 rings (SSSR count). The molecule has 236 valence electrons. The molecule has 2 unspecified atom stereocenters. The maximum Gasteiger partial charge on any atom is 0.462 e. The monoisotopic (exact) mass is 644 g/mol. The van der Waals surface area contributed by atoms with Crippen molar-refractivity contribution >= 4 is 10.0 Å². The summed E-state index contributed by atoms with van der Waals surface area (Å²) >= 11 is 0. The second-order valence-electron chi connectivity index (χ2n) is 7.75.